The van der Waals surface area contributed by atoms with E-state index in [0.717, 1.165) is 5.52 Å². The SMILES string of the molecule is CC(C)Cn1c(C(O)CC(=O)O)nc2cc(Cl)ccc21. The fraction of sp³-hybridized carbons (Fsp3) is 0.429. The maximum Gasteiger partial charge on any atom is 0.306 e. The molecule has 0 radical (unpaired) electrons. The van der Waals surface area contributed by atoms with Gasteiger partial charge >= 0.3 is 5.97 Å². The lowest BCUT2D eigenvalue weighted by atomic mass is 10.2. The number of fused-ring (bicyclic) bond motifs is 1. The number of nitrogens with zero attached hydrogens (tertiary/aromatic N) is 2. The molecule has 1 unspecified atom stereocenters. The second kappa shape index (κ2) is 5.81. The molecule has 2 aromatic rings. The standard InChI is InChI=1S/C14H17ClN2O3/c1-8(2)7-17-11-4-3-9(15)5-10(11)16-14(17)12(18)6-13(19)20/h3-5,8,12,18H,6-7H2,1-2H3,(H,19,20). The Balaban J connectivity index is 2.53. The highest BCUT2D eigenvalue weighted by Gasteiger charge is 2.21. The highest BCUT2D eigenvalue weighted by Crippen LogP contribution is 2.26. The van der Waals surface area contributed by atoms with Gasteiger partial charge in [-0.15, -0.1) is 0 Å². The molecule has 0 saturated heterocycles. The molecule has 0 aliphatic rings. The van der Waals surface area contributed by atoms with Crippen LogP contribution in [0.15, 0.2) is 18.2 Å². The number of carbonyl (C=O) groups is 1. The summed E-state index contributed by atoms with van der Waals surface area (Å²) in [6.45, 7) is 4.76. The maximum absolute atomic E-state index is 10.8. The number of hydrogen-bond donors (Lipinski definition) is 2. The highest BCUT2D eigenvalue weighted by molar-refractivity contribution is 6.31. The van der Waals surface area contributed by atoms with Gasteiger partial charge in [0.1, 0.15) is 11.9 Å². The fourth-order valence-corrected chi connectivity index (χ4v) is 2.36. The van der Waals surface area contributed by atoms with Crippen molar-refractivity contribution in [2.45, 2.75) is 32.9 Å². The molecule has 0 bridgehead atoms. The highest BCUT2D eigenvalue weighted by atomic mass is 35.5. The second-order valence-corrected chi connectivity index (χ2v) is 5.66. The van der Waals surface area contributed by atoms with Crippen molar-refractivity contribution < 1.29 is 15.0 Å². The van der Waals surface area contributed by atoms with Crippen LogP contribution in [0, 0.1) is 5.92 Å². The summed E-state index contributed by atoms with van der Waals surface area (Å²) in [5.74, 6) is -0.337. The van der Waals surface area contributed by atoms with Gasteiger partial charge in [-0.3, -0.25) is 4.79 Å². The molecule has 0 aliphatic carbocycles. The van der Waals surface area contributed by atoms with E-state index in [2.05, 4.69) is 18.8 Å². The van der Waals surface area contributed by atoms with Crippen LogP contribution in [0.25, 0.3) is 11.0 Å². The van der Waals surface area contributed by atoms with Crippen molar-refractivity contribution >= 4 is 28.6 Å². The number of aliphatic hydroxyl groups is 1. The number of halogens is 1. The summed E-state index contributed by atoms with van der Waals surface area (Å²) in [5.41, 5.74) is 1.51. The smallest absolute Gasteiger partial charge is 0.306 e. The van der Waals surface area contributed by atoms with Gasteiger partial charge in [0.15, 0.2) is 0 Å². The van der Waals surface area contributed by atoms with Gasteiger partial charge in [-0.05, 0) is 24.1 Å². The van der Waals surface area contributed by atoms with E-state index in [1.54, 1.807) is 12.1 Å². The van der Waals surface area contributed by atoms with Crippen LogP contribution >= 0.6 is 11.6 Å². The van der Waals surface area contributed by atoms with E-state index < -0.39 is 12.1 Å². The first-order chi connectivity index (χ1) is 9.38. The van der Waals surface area contributed by atoms with E-state index in [0.29, 0.717) is 28.8 Å². The molecule has 1 aromatic carbocycles. The minimum atomic E-state index is -1.13. The summed E-state index contributed by atoms with van der Waals surface area (Å²) in [6.07, 6.45) is -1.49. The molecule has 20 heavy (non-hydrogen) atoms. The first-order valence-corrected chi connectivity index (χ1v) is 6.81. The quantitative estimate of drug-likeness (QED) is 0.889. The van der Waals surface area contributed by atoms with E-state index in [4.69, 9.17) is 16.7 Å². The van der Waals surface area contributed by atoms with Crippen LogP contribution in [0.3, 0.4) is 0 Å². The van der Waals surface area contributed by atoms with Crippen molar-refractivity contribution in [2.24, 2.45) is 5.92 Å². The zero-order valence-corrected chi connectivity index (χ0v) is 12.1. The molecule has 0 fully saturated rings. The lowest BCUT2D eigenvalue weighted by molar-refractivity contribution is -0.139. The zero-order valence-electron chi connectivity index (χ0n) is 11.4. The van der Waals surface area contributed by atoms with Crippen molar-refractivity contribution in [3.63, 3.8) is 0 Å². The normalized spacial score (nSPS) is 13.1. The Bertz CT molecular complexity index is 637. The van der Waals surface area contributed by atoms with Crippen LogP contribution < -0.4 is 0 Å². The average molecular weight is 297 g/mol. The van der Waals surface area contributed by atoms with Crippen LogP contribution in [0.5, 0.6) is 0 Å². The second-order valence-electron chi connectivity index (χ2n) is 5.22. The van der Waals surface area contributed by atoms with E-state index in [1.807, 2.05) is 10.6 Å². The van der Waals surface area contributed by atoms with Crippen LogP contribution in [-0.2, 0) is 11.3 Å². The molecular formula is C14H17ClN2O3. The van der Waals surface area contributed by atoms with Gasteiger partial charge in [0.05, 0.1) is 17.5 Å². The molecule has 0 aliphatic heterocycles. The van der Waals surface area contributed by atoms with Crippen molar-refractivity contribution in [3.8, 4) is 0 Å². The molecule has 2 N–H and O–H groups in total. The Morgan fingerprint density at radius 2 is 2.15 bits per heavy atom. The average Bonchev–Trinajstić information content (AvgIpc) is 2.65. The topological polar surface area (TPSA) is 75.4 Å². The Morgan fingerprint density at radius 1 is 1.45 bits per heavy atom. The summed E-state index contributed by atoms with van der Waals surface area (Å²) in [4.78, 5) is 15.1. The number of carboxylic acid groups (broad SMARTS) is 1. The Labute approximate surface area is 121 Å². The molecule has 5 nitrogen and oxygen atoms in total. The van der Waals surface area contributed by atoms with Gasteiger partial charge in [0.2, 0.25) is 0 Å². The first kappa shape index (κ1) is 14.8. The number of imidazole rings is 1. The van der Waals surface area contributed by atoms with Crippen LogP contribution in [0.4, 0.5) is 0 Å². The molecule has 1 aromatic heterocycles. The third kappa shape index (κ3) is 3.11. The lowest BCUT2D eigenvalue weighted by Crippen LogP contribution is -2.14. The van der Waals surface area contributed by atoms with E-state index in [-0.39, 0.29) is 6.42 Å². The van der Waals surface area contributed by atoms with Crippen molar-refractivity contribution in [1.29, 1.82) is 0 Å². The molecule has 0 amide bonds. The molecule has 0 saturated carbocycles. The van der Waals surface area contributed by atoms with Gasteiger partial charge < -0.3 is 14.8 Å². The number of carboxylic acids is 1. The summed E-state index contributed by atoms with van der Waals surface area (Å²) >= 11 is 5.94. The third-order valence-corrected chi connectivity index (χ3v) is 3.19. The van der Waals surface area contributed by atoms with Gasteiger partial charge in [-0.25, -0.2) is 4.98 Å². The van der Waals surface area contributed by atoms with Crippen LogP contribution in [0.1, 0.15) is 32.2 Å². The minimum Gasteiger partial charge on any atom is -0.481 e. The van der Waals surface area contributed by atoms with E-state index in [9.17, 15) is 9.90 Å². The van der Waals surface area contributed by atoms with Gasteiger partial charge in [-0.1, -0.05) is 25.4 Å². The Morgan fingerprint density at radius 3 is 2.75 bits per heavy atom. The van der Waals surface area contributed by atoms with E-state index in [1.165, 1.54) is 0 Å². The van der Waals surface area contributed by atoms with E-state index >= 15 is 0 Å². The number of aliphatic carboxylic acids is 1. The number of aromatic nitrogens is 2. The zero-order chi connectivity index (χ0) is 14.9. The Kier molecular flexibility index (Phi) is 4.30. The molecule has 1 heterocycles. The number of hydrogen-bond acceptors (Lipinski definition) is 3. The van der Waals surface area contributed by atoms with Gasteiger partial charge in [-0.2, -0.15) is 0 Å². The molecular weight excluding hydrogens is 280 g/mol. The van der Waals surface area contributed by atoms with Crippen molar-refractivity contribution in [3.05, 3.63) is 29.0 Å². The van der Waals surface area contributed by atoms with Gasteiger partial charge in [0.25, 0.3) is 0 Å². The van der Waals surface area contributed by atoms with Gasteiger partial charge in [0, 0.05) is 11.6 Å². The number of aliphatic hydroxyl groups excluding tert-OH is 1. The first-order valence-electron chi connectivity index (χ1n) is 6.44. The predicted octanol–water partition coefficient (Wildman–Crippen LogP) is 2.85. The van der Waals surface area contributed by atoms with Crippen molar-refractivity contribution in [1.82, 2.24) is 9.55 Å². The largest absolute Gasteiger partial charge is 0.481 e. The number of rotatable bonds is 5. The maximum atomic E-state index is 10.8. The molecule has 6 heteroatoms. The Hall–Kier alpha value is -1.59. The molecule has 108 valence electrons. The predicted molar refractivity (Wildman–Crippen MR) is 76.8 cm³/mol. The lowest BCUT2D eigenvalue weighted by Gasteiger charge is -2.14. The molecule has 1 atom stereocenters. The number of benzene rings is 1. The minimum absolute atomic E-state index is 0.346. The summed E-state index contributed by atoms with van der Waals surface area (Å²) < 4.78 is 1.87. The fourth-order valence-electron chi connectivity index (χ4n) is 2.19. The van der Waals surface area contributed by atoms with Crippen LogP contribution in [0.2, 0.25) is 5.02 Å². The van der Waals surface area contributed by atoms with Crippen LogP contribution in [-0.4, -0.2) is 25.7 Å². The summed E-state index contributed by atoms with van der Waals surface area (Å²) in [5, 5.41) is 19.4. The monoisotopic (exact) mass is 296 g/mol. The summed E-state index contributed by atoms with van der Waals surface area (Å²) in [6, 6.07) is 5.31. The van der Waals surface area contributed by atoms with Crippen molar-refractivity contribution in [2.75, 3.05) is 0 Å². The molecule has 2 rings (SSSR count). The summed E-state index contributed by atoms with van der Waals surface area (Å²) in [7, 11) is 0. The molecule has 0 spiro atoms. The third-order valence-electron chi connectivity index (χ3n) is 2.95.